The number of carboxylic acids is 1. The van der Waals surface area contributed by atoms with Crippen LogP contribution in [0.4, 0.5) is 0 Å². The predicted molar refractivity (Wildman–Crippen MR) is 59.5 cm³/mol. The number of carbonyl (C=O) groups excluding carboxylic acids is 1. The quantitative estimate of drug-likeness (QED) is 0.711. The van der Waals surface area contributed by atoms with Gasteiger partial charge in [0.1, 0.15) is 11.7 Å². The van der Waals surface area contributed by atoms with Crippen molar-refractivity contribution in [1.82, 2.24) is 4.98 Å². The number of pyridine rings is 1. The molecule has 0 aliphatic rings. The summed E-state index contributed by atoms with van der Waals surface area (Å²) in [6.07, 6.45) is 1.60. The van der Waals surface area contributed by atoms with Crippen molar-refractivity contribution < 1.29 is 19.4 Å². The van der Waals surface area contributed by atoms with Crippen molar-refractivity contribution in [2.45, 2.75) is 19.4 Å². The van der Waals surface area contributed by atoms with Gasteiger partial charge in [-0.1, -0.05) is 0 Å². The molecule has 0 aliphatic heterocycles. The van der Waals surface area contributed by atoms with Crippen molar-refractivity contribution in [3.8, 4) is 0 Å². The molecule has 6 heteroatoms. The molecule has 1 heterocycles. The zero-order valence-corrected chi connectivity index (χ0v) is 9.42. The lowest BCUT2D eigenvalue weighted by Crippen LogP contribution is -2.34. The fourth-order valence-corrected chi connectivity index (χ4v) is 1.30. The molecule has 1 rings (SSSR count). The van der Waals surface area contributed by atoms with Crippen molar-refractivity contribution in [3.63, 3.8) is 0 Å². The first kappa shape index (κ1) is 13.1. The summed E-state index contributed by atoms with van der Waals surface area (Å²) < 4.78 is 4.76. The van der Waals surface area contributed by atoms with Crippen LogP contribution in [-0.4, -0.2) is 34.7 Å². The molecular weight excluding hydrogens is 224 g/mol. The molecule has 0 fully saturated rings. The van der Waals surface area contributed by atoms with E-state index in [2.05, 4.69) is 4.98 Å². The summed E-state index contributed by atoms with van der Waals surface area (Å²) in [7, 11) is 0. The van der Waals surface area contributed by atoms with Crippen molar-refractivity contribution in [2.75, 3.05) is 6.61 Å². The molecule has 0 saturated heterocycles. The van der Waals surface area contributed by atoms with E-state index in [1.54, 1.807) is 13.0 Å². The van der Waals surface area contributed by atoms with E-state index in [0.717, 1.165) is 0 Å². The van der Waals surface area contributed by atoms with E-state index >= 15 is 0 Å². The number of carboxylic acid groups (broad SMARTS) is 1. The number of ether oxygens (including phenoxy) is 1. The Bertz CT molecular complexity index is 420. The van der Waals surface area contributed by atoms with Gasteiger partial charge in [0.15, 0.2) is 0 Å². The molecule has 1 atom stereocenters. The van der Waals surface area contributed by atoms with Crippen LogP contribution in [0.2, 0.25) is 0 Å². The predicted octanol–water partition coefficient (Wildman–Crippen LogP) is 0.213. The van der Waals surface area contributed by atoms with Gasteiger partial charge < -0.3 is 15.6 Å². The highest BCUT2D eigenvalue weighted by Gasteiger charge is 2.16. The van der Waals surface area contributed by atoms with Gasteiger partial charge in [0.2, 0.25) is 0 Å². The van der Waals surface area contributed by atoms with Gasteiger partial charge in [-0.3, -0.25) is 4.79 Å². The molecule has 0 aliphatic carbocycles. The summed E-state index contributed by atoms with van der Waals surface area (Å²) in [5.41, 5.74) is 6.19. The number of hydrogen-bond donors (Lipinski definition) is 2. The van der Waals surface area contributed by atoms with E-state index in [0.29, 0.717) is 5.56 Å². The number of nitrogens with two attached hydrogens (primary N) is 1. The Labute approximate surface area is 98.4 Å². The number of aromatic carboxylic acids is 1. The van der Waals surface area contributed by atoms with Crippen LogP contribution in [0.1, 0.15) is 23.0 Å². The van der Waals surface area contributed by atoms with E-state index in [-0.39, 0.29) is 18.7 Å². The minimum atomic E-state index is -1.11. The minimum absolute atomic E-state index is 0.0708. The van der Waals surface area contributed by atoms with Gasteiger partial charge in [0.05, 0.1) is 6.61 Å². The van der Waals surface area contributed by atoms with E-state index in [9.17, 15) is 9.59 Å². The van der Waals surface area contributed by atoms with E-state index in [1.165, 1.54) is 12.3 Å². The lowest BCUT2D eigenvalue weighted by Gasteiger charge is -2.10. The molecule has 6 nitrogen and oxygen atoms in total. The highest BCUT2D eigenvalue weighted by molar-refractivity contribution is 5.85. The Morgan fingerprint density at radius 1 is 1.59 bits per heavy atom. The first-order valence-electron chi connectivity index (χ1n) is 5.15. The lowest BCUT2D eigenvalue weighted by atomic mass is 10.1. The van der Waals surface area contributed by atoms with Crippen LogP contribution >= 0.6 is 0 Å². The Balaban J connectivity index is 2.71. The van der Waals surface area contributed by atoms with Gasteiger partial charge in [0.25, 0.3) is 0 Å². The summed E-state index contributed by atoms with van der Waals surface area (Å²) in [4.78, 5) is 25.6. The second kappa shape index (κ2) is 5.95. The van der Waals surface area contributed by atoms with Crippen LogP contribution in [0.5, 0.6) is 0 Å². The van der Waals surface area contributed by atoms with Crippen LogP contribution in [-0.2, 0) is 16.0 Å². The number of aromatic nitrogens is 1. The van der Waals surface area contributed by atoms with Crippen molar-refractivity contribution in [3.05, 3.63) is 29.6 Å². The van der Waals surface area contributed by atoms with Crippen molar-refractivity contribution >= 4 is 11.9 Å². The third-order valence-electron chi connectivity index (χ3n) is 2.09. The molecule has 1 aromatic rings. The molecule has 0 amide bonds. The number of hydrogen-bond acceptors (Lipinski definition) is 5. The zero-order chi connectivity index (χ0) is 12.8. The topological polar surface area (TPSA) is 103 Å². The molecule has 0 bridgehead atoms. The molecule has 0 aromatic carbocycles. The first-order valence-corrected chi connectivity index (χ1v) is 5.15. The average Bonchev–Trinajstić information content (AvgIpc) is 2.29. The molecule has 1 aromatic heterocycles. The van der Waals surface area contributed by atoms with E-state index in [4.69, 9.17) is 15.6 Å². The molecule has 92 valence electrons. The minimum Gasteiger partial charge on any atom is -0.477 e. The summed E-state index contributed by atoms with van der Waals surface area (Å²) in [5, 5.41) is 8.75. The number of esters is 1. The normalized spacial score (nSPS) is 11.9. The highest BCUT2D eigenvalue weighted by atomic mass is 16.5. The van der Waals surface area contributed by atoms with Gasteiger partial charge in [-0.25, -0.2) is 9.78 Å². The third-order valence-corrected chi connectivity index (χ3v) is 2.09. The SMILES string of the molecule is CCOC(=O)C(N)Cc1ccnc(C(=O)O)c1. The van der Waals surface area contributed by atoms with E-state index < -0.39 is 18.0 Å². The van der Waals surface area contributed by atoms with Gasteiger partial charge in [0, 0.05) is 6.20 Å². The van der Waals surface area contributed by atoms with Gasteiger partial charge in [-0.2, -0.15) is 0 Å². The smallest absolute Gasteiger partial charge is 0.354 e. The average molecular weight is 238 g/mol. The lowest BCUT2D eigenvalue weighted by molar-refractivity contribution is -0.144. The molecular formula is C11H14N2O4. The third kappa shape index (κ3) is 3.84. The molecule has 0 radical (unpaired) electrons. The molecule has 17 heavy (non-hydrogen) atoms. The van der Waals surface area contributed by atoms with Crippen LogP contribution in [0.15, 0.2) is 18.3 Å². The van der Waals surface area contributed by atoms with Crippen molar-refractivity contribution in [1.29, 1.82) is 0 Å². The van der Waals surface area contributed by atoms with E-state index in [1.807, 2.05) is 0 Å². The monoisotopic (exact) mass is 238 g/mol. The summed E-state index contributed by atoms with van der Waals surface area (Å²) in [6, 6.07) is 2.21. The summed E-state index contributed by atoms with van der Waals surface area (Å²) >= 11 is 0. The largest absolute Gasteiger partial charge is 0.477 e. The van der Waals surface area contributed by atoms with Gasteiger partial charge >= 0.3 is 11.9 Å². The Morgan fingerprint density at radius 2 is 2.29 bits per heavy atom. The van der Waals surface area contributed by atoms with Gasteiger partial charge in [-0.05, 0) is 31.0 Å². The molecule has 0 spiro atoms. The van der Waals surface area contributed by atoms with Crippen LogP contribution < -0.4 is 5.73 Å². The second-order valence-electron chi connectivity index (χ2n) is 3.42. The maximum atomic E-state index is 11.3. The van der Waals surface area contributed by atoms with Gasteiger partial charge in [-0.15, -0.1) is 0 Å². The molecule has 1 unspecified atom stereocenters. The maximum Gasteiger partial charge on any atom is 0.354 e. The second-order valence-corrected chi connectivity index (χ2v) is 3.42. The summed E-state index contributed by atoms with van der Waals surface area (Å²) in [5.74, 6) is -1.61. The van der Waals surface area contributed by atoms with Crippen LogP contribution in [0.25, 0.3) is 0 Å². The number of nitrogens with zero attached hydrogens (tertiary/aromatic N) is 1. The number of carbonyl (C=O) groups is 2. The highest BCUT2D eigenvalue weighted by Crippen LogP contribution is 2.05. The fourth-order valence-electron chi connectivity index (χ4n) is 1.30. The molecule has 0 saturated carbocycles. The van der Waals surface area contributed by atoms with Crippen LogP contribution in [0.3, 0.4) is 0 Å². The Kier molecular flexibility index (Phi) is 4.59. The standard InChI is InChI=1S/C11H14N2O4/c1-2-17-11(16)8(12)5-7-3-4-13-9(6-7)10(14)15/h3-4,6,8H,2,5,12H2,1H3,(H,14,15). The van der Waals surface area contributed by atoms with Crippen molar-refractivity contribution in [2.24, 2.45) is 5.73 Å². The maximum absolute atomic E-state index is 11.3. The molecule has 3 N–H and O–H groups in total. The number of rotatable bonds is 5. The fraction of sp³-hybridized carbons (Fsp3) is 0.364. The zero-order valence-electron chi connectivity index (χ0n) is 9.42. The van der Waals surface area contributed by atoms with Crippen LogP contribution in [0, 0.1) is 0 Å². The Hall–Kier alpha value is -1.95. The summed E-state index contributed by atoms with van der Waals surface area (Å²) in [6.45, 7) is 1.96. The Morgan fingerprint density at radius 3 is 2.88 bits per heavy atom. The first-order chi connectivity index (χ1) is 8.04.